The Morgan fingerprint density at radius 2 is 1.90 bits per heavy atom. The Bertz CT molecular complexity index is 482. The van der Waals surface area contributed by atoms with E-state index < -0.39 is 10.1 Å². The minimum atomic E-state index is -3.36. The van der Waals surface area contributed by atoms with Gasteiger partial charge in [-0.3, -0.25) is 4.18 Å². The Morgan fingerprint density at radius 3 is 2.45 bits per heavy atom. The summed E-state index contributed by atoms with van der Waals surface area (Å²) < 4.78 is 28.2. The quantitative estimate of drug-likeness (QED) is 0.589. The summed E-state index contributed by atoms with van der Waals surface area (Å²) in [5.41, 5.74) is 1.62. The molecule has 0 bridgehead atoms. The molecule has 0 heterocycles. The van der Waals surface area contributed by atoms with Crippen LogP contribution in [-0.4, -0.2) is 20.8 Å². The van der Waals surface area contributed by atoms with Gasteiger partial charge < -0.3 is 0 Å². The number of fused-ring (bicyclic) bond motifs is 1. The molecule has 2 aliphatic carbocycles. The maximum atomic E-state index is 11.4. The fourth-order valence-electron chi connectivity index (χ4n) is 4.36. The molecule has 4 heteroatoms. The predicted octanol–water partition coefficient (Wildman–Crippen LogP) is 3.76. The van der Waals surface area contributed by atoms with Gasteiger partial charge in [-0.2, -0.15) is 8.42 Å². The number of hydrogen-bond acceptors (Lipinski definition) is 3. The second kappa shape index (κ2) is 5.45. The summed E-state index contributed by atoms with van der Waals surface area (Å²) in [6.45, 7) is 10.8. The van der Waals surface area contributed by atoms with E-state index in [1.54, 1.807) is 0 Å². The van der Waals surface area contributed by atoms with Crippen LogP contribution < -0.4 is 0 Å². The number of hydrogen-bond donors (Lipinski definition) is 0. The summed E-state index contributed by atoms with van der Waals surface area (Å²) in [5.74, 6) is 1.43. The van der Waals surface area contributed by atoms with Gasteiger partial charge in [0.1, 0.15) is 0 Å². The van der Waals surface area contributed by atoms with Gasteiger partial charge in [0.2, 0.25) is 0 Å². The van der Waals surface area contributed by atoms with Crippen molar-refractivity contribution in [2.45, 2.75) is 59.0 Å². The lowest BCUT2D eigenvalue weighted by Crippen LogP contribution is -2.47. The monoisotopic (exact) mass is 300 g/mol. The first kappa shape index (κ1) is 16.0. The Balaban J connectivity index is 2.16. The van der Waals surface area contributed by atoms with Crippen molar-refractivity contribution in [1.82, 2.24) is 0 Å². The fraction of sp³-hybridized carbons (Fsp3) is 0.875. The summed E-state index contributed by atoms with van der Waals surface area (Å²) in [7, 11) is -3.36. The average Bonchev–Trinajstić information content (AvgIpc) is 2.31. The van der Waals surface area contributed by atoms with E-state index in [2.05, 4.69) is 27.4 Å². The van der Waals surface area contributed by atoms with Crippen LogP contribution in [0.1, 0.15) is 52.9 Å². The van der Waals surface area contributed by atoms with Crippen LogP contribution >= 0.6 is 0 Å². The topological polar surface area (TPSA) is 43.4 Å². The second-order valence-corrected chi connectivity index (χ2v) is 8.92. The highest BCUT2D eigenvalue weighted by atomic mass is 32.2. The lowest BCUT2D eigenvalue weighted by atomic mass is 9.54. The van der Waals surface area contributed by atoms with Crippen molar-refractivity contribution >= 4 is 10.1 Å². The molecule has 0 amide bonds. The van der Waals surface area contributed by atoms with Gasteiger partial charge in [-0.25, -0.2) is 0 Å². The van der Waals surface area contributed by atoms with Gasteiger partial charge in [-0.15, -0.1) is 0 Å². The first-order valence-corrected chi connectivity index (χ1v) is 9.48. The smallest absolute Gasteiger partial charge is 0.264 e. The Kier molecular flexibility index (Phi) is 4.37. The molecule has 0 saturated heterocycles. The number of allylic oxidation sites excluding steroid dienone is 1. The van der Waals surface area contributed by atoms with Crippen LogP contribution in [0.25, 0.3) is 0 Å². The van der Waals surface area contributed by atoms with Gasteiger partial charge >= 0.3 is 0 Å². The molecule has 0 radical (unpaired) electrons. The van der Waals surface area contributed by atoms with Crippen LogP contribution in [0.2, 0.25) is 0 Å². The molecule has 2 fully saturated rings. The molecule has 2 saturated carbocycles. The first-order chi connectivity index (χ1) is 9.12. The zero-order chi connectivity index (χ0) is 15.1. The molecule has 0 aromatic rings. The van der Waals surface area contributed by atoms with Crippen LogP contribution in [-0.2, 0) is 14.3 Å². The molecule has 3 nitrogen and oxygen atoms in total. The highest BCUT2D eigenvalue weighted by molar-refractivity contribution is 7.86. The van der Waals surface area contributed by atoms with E-state index in [-0.39, 0.29) is 6.10 Å². The maximum Gasteiger partial charge on any atom is 0.264 e. The third-order valence-corrected chi connectivity index (χ3v) is 6.31. The Labute approximate surface area is 123 Å². The SMILES string of the molecule is C=C(C)[C@H]1CC[C@@]2(C)CC[C@@H](OS(C)(=O)=O)[C@@H](C)[C@@H]2C1. The van der Waals surface area contributed by atoms with Crippen LogP contribution in [0.15, 0.2) is 12.2 Å². The normalized spacial score (nSPS) is 42.0. The summed E-state index contributed by atoms with van der Waals surface area (Å²) >= 11 is 0. The van der Waals surface area contributed by atoms with E-state index in [0.29, 0.717) is 23.2 Å². The van der Waals surface area contributed by atoms with Crippen molar-refractivity contribution in [3.8, 4) is 0 Å². The Morgan fingerprint density at radius 1 is 1.30 bits per heavy atom. The number of rotatable bonds is 3. The van der Waals surface area contributed by atoms with Crippen LogP contribution in [0.4, 0.5) is 0 Å². The molecule has 0 spiro atoms. The van der Waals surface area contributed by atoms with Crippen molar-refractivity contribution in [3.63, 3.8) is 0 Å². The van der Waals surface area contributed by atoms with Gasteiger partial charge in [0.05, 0.1) is 12.4 Å². The van der Waals surface area contributed by atoms with Gasteiger partial charge in [0.15, 0.2) is 0 Å². The highest BCUT2D eigenvalue weighted by Crippen LogP contribution is 2.55. The minimum Gasteiger partial charge on any atom is -0.267 e. The zero-order valence-corrected chi connectivity index (χ0v) is 14.0. The second-order valence-electron chi connectivity index (χ2n) is 7.31. The molecule has 116 valence electrons. The van der Waals surface area contributed by atoms with E-state index >= 15 is 0 Å². The van der Waals surface area contributed by atoms with Crippen molar-refractivity contribution in [1.29, 1.82) is 0 Å². The average molecular weight is 300 g/mol. The predicted molar refractivity (Wildman–Crippen MR) is 81.9 cm³/mol. The third-order valence-electron chi connectivity index (χ3n) is 5.71. The lowest BCUT2D eigenvalue weighted by molar-refractivity contribution is -0.0515. The molecule has 20 heavy (non-hydrogen) atoms. The molecule has 2 aliphatic rings. The van der Waals surface area contributed by atoms with Crippen molar-refractivity contribution in [3.05, 3.63) is 12.2 Å². The molecular weight excluding hydrogens is 272 g/mol. The summed E-state index contributed by atoms with van der Waals surface area (Å²) in [5, 5.41) is 0. The Hall–Kier alpha value is -0.350. The molecule has 0 aliphatic heterocycles. The molecular formula is C16H28O3S. The van der Waals surface area contributed by atoms with Crippen molar-refractivity contribution < 1.29 is 12.6 Å². The van der Waals surface area contributed by atoms with E-state index in [4.69, 9.17) is 4.18 Å². The molecule has 0 aromatic heterocycles. The summed E-state index contributed by atoms with van der Waals surface area (Å²) in [4.78, 5) is 0. The lowest BCUT2D eigenvalue weighted by Gasteiger charge is -2.52. The zero-order valence-electron chi connectivity index (χ0n) is 13.2. The van der Waals surface area contributed by atoms with Gasteiger partial charge in [-0.05, 0) is 62.2 Å². The van der Waals surface area contributed by atoms with Crippen molar-refractivity contribution in [2.24, 2.45) is 23.2 Å². The highest BCUT2D eigenvalue weighted by Gasteiger charge is 2.48. The molecule has 0 unspecified atom stereocenters. The van der Waals surface area contributed by atoms with E-state index in [0.717, 1.165) is 25.5 Å². The van der Waals surface area contributed by atoms with Crippen LogP contribution in [0.5, 0.6) is 0 Å². The van der Waals surface area contributed by atoms with Crippen molar-refractivity contribution in [2.75, 3.05) is 6.26 Å². The molecule has 0 N–H and O–H groups in total. The maximum absolute atomic E-state index is 11.4. The van der Waals surface area contributed by atoms with Gasteiger partial charge in [0.25, 0.3) is 10.1 Å². The largest absolute Gasteiger partial charge is 0.267 e. The van der Waals surface area contributed by atoms with Gasteiger partial charge in [0, 0.05) is 0 Å². The van der Waals surface area contributed by atoms with E-state index in [1.807, 2.05) is 0 Å². The van der Waals surface area contributed by atoms with Crippen LogP contribution in [0, 0.1) is 23.2 Å². The molecule has 5 atom stereocenters. The van der Waals surface area contributed by atoms with E-state index in [9.17, 15) is 8.42 Å². The third kappa shape index (κ3) is 3.28. The molecule has 2 rings (SSSR count). The fourth-order valence-corrected chi connectivity index (χ4v) is 5.08. The first-order valence-electron chi connectivity index (χ1n) is 7.66. The van der Waals surface area contributed by atoms with Gasteiger partial charge in [-0.1, -0.05) is 26.0 Å². The standard InChI is InChI=1S/C16H28O3S/c1-11(2)13-6-8-16(4)9-7-15(19-20(5,17)18)12(3)14(16)10-13/h12-15H,1,6-10H2,2-5H3/t12-,13-,14-,15+,16-/m0/s1. The minimum absolute atomic E-state index is 0.146. The summed E-state index contributed by atoms with van der Waals surface area (Å²) in [6, 6.07) is 0. The van der Waals surface area contributed by atoms with Crippen LogP contribution in [0.3, 0.4) is 0 Å². The van der Waals surface area contributed by atoms with E-state index in [1.165, 1.54) is 18.4 Å². The summed E-state index contributed by atoms with van der Waals surface area (Å²) in [6.07, 6.45) is 6.54. The molecule has 0 aromatic carbocycles.